The summed E-state index contributed by atoms with van der Waals surface area (Å²) in [5.41, 5.74) is 4.54. The maximum atomic E-state index is 11.7. The van der Waals surface area contributed by atoms with E-state index in [-0.39, 0.29) is 18.7 Å². The lowest BCUT2D eigenvalue weighted by Crippen LogP contribution is -2.37. The molecule has 0 radical (unpaired) electrons. The lowest BCUT2D eigenvalue weighted by Gasteiger charge is -2.17. The van der Waals surface area contributed by atoms with Crippen molar-refractivity contribution in [1.29, 1.82) is 0 Å². The largest absolute Gasteiger partial charge is 0.438 e. The Morgan fingerprint density at radius 2 is 1.72 bits per heavy atom. The SMILES string of the molecule is Cc1c(Br)sc2sc(C=C3Oc4ccc(-c5ccccc5)cc4N3CCS(=O)(=O)O)[n+](CCCS(=O)(=O)O)c12. The molecule has 39 heavy (non-hydrogen) atoms. The van der Waals surface area contributed by atoms with Crippen LogP contribution < -0.4 is 14.2 Å². The van der Waals surface area contributed by atoms with Gasteiger partial charge in [0, 0.05) is 18.5 Å². The molecule has 1 aliphatic rings. The van der Waals surface area contributed by atoms with Gasteiger partial charge in [0.2, 0.25) is 11.4 Å². The fraction of sp³-hybridized carbons (Fsp3) is 0.240. The summed E-state index contributed by atoms with van der Waals surface area (Å²) < 4.78 is 74.9. The molecule has 9 nitrogen and oxygen atoms in total. The van der Waals surface area contributed by atoms with Gasteiger partial charge in [-0.3, -0.25) is 9.11 Å². The standard InChI is InChI=1S/C25H23BrN2O7S4/c1-16-23-25(37-24(16)26)36-22(28(23)10-5-12-38(29,30)31)15-21-27(11-13-39(32,33)34)19-14-18(8-9-20(19)35-21)17-6-3-2-4-7-17/h2-4,6-9,14-15H,5,10-13H2,1H3,(H-,29,30,31,32,33,34)/p+1. The fourth-order valence-corrected chi connectivity index (χ4v) is 8.74. The third-order valence-electron chi connectivity index (χ3n) is 6.20. The van der Waals surface area contributed by atoms with Crippen LogP contribution in [-0.4, -0.2) is 44.0 Å². The number of halogens is 1. The molecule has 206 valence electrons. The van der Waals surface area contributed by atoms with Crippen molar-refractivity contribution in [2.75, 3.05) is 23.0 Å². The van der Waals surface area contributed by atoms with Crippen molar-refractivity contribution in [2.45, 2.75) is 19.9 Å². The zero-order valence-electron chi connectivity index (χ0n) is 20.6. The molecular weight excluding hydrogens is 648 g/mol. The van der Waals surface area contributed by atoms with Gasteiger partial charge in [-0.05, 0) is 46.1 Å². The molecule has 0 atom stereocenters. The lowest BCUT2D eigenvalue weighted by molar-refractivity contribution is -0.668. The first-order valence-electron chi connectivity index (χ1n) is 11.8. The molecule has 0 amide bonds. The van der Waals surface area contributed by atoms with Crippen LogP contribution in [0.5, 0.6) is 5.75 Å². The number of benzene rings is 2. The summed E-state index contributed by atoms with van der Waals surface area (Å²) in [4.78, 5) is 1.72. The van der Waals surface area contributed by atoms with Crippen LogP contribution in [-0.2, 0) is 26.8 Å². The summed E-state index contributed by atoms with van der Waals surface area (Å²) in [6.07, 6.45) is 2.00. The second-order valence-electron chi connectivity index (χ2n) is 8.94. The first-order chi connectivity index (χ1) is 18.4. The van der Waals surface area contributed by atoms with Crippen molar-refractivity contribution in [3.63, 3.8) is 0 Å². The van der Waals surface area contributed by atoms with Gasteiger partial charge < -0.3 is 9.64 Å². The fourth-order valence-electron chi connectivity index (χ4n) is 4.39. The molecule has 2 aromatic carbocycles. The highest BCUT2D eigenvalue weighted by atomic mass is 79.9. The molecule has 0 saturated heterocycles. The monoisotopic (exact) mass is 671 g/mol. The van der Waals surface area contributed by atoms with E-state index >= 15 is 0 Å². The number of thiophene rings is 1. The highest BCUT2D eigenvalue weighted by Gasteiger charge is 2.31. The van der Waals surface area contributed by atoms with Crippen LogP contribution in [0.4, 0.5) is 5.69 Å². The molecule has 0 spiro atoms. The molecule has 5 rings (SSSR count). The number of hydrogen-bond acceptors (Lipinski definition) is 8. The van der Waals surface area contributed by atoms with E-state index in [0.29, 0.717) is 23.9 Å². The van der Waals surface area contributed by atoms with Gasteiger partial charge in [-0.1, -0.05) is 47.7 Å². The summed E-state index contributed by atoms with van der Waals surface area (Å²) in [7, 11) is -8.35. The summed E-state index contributed by atoms with van der Waals surface area (Å²) in [6, 6.07) is 15.4. The molecule has 3 heterocycles. The van der Waals surface area contributed by atoms with Crippen LogP contribution in [0.1, 0.15) is 17.0 Å². The number of anilines is 1. The van der Waals surface area contributed by atoms with Crippen LogP contribution in [0, 0.1) is 6.92 Å². The summed E-state index contributed by atoms with van der Waals surface area (Å²) >= 11 is 6.64. The van der Waals surface area contributed by atoms with Crippen molar-refractivity contribution < 1.29 is 35.2 Å². The van der Waals surface area contributed by atoms with Gasteiger partial charge in [-0.15, -0.1) is 11.3 Å². The summed E-state index contributed by atoms with van der Waals surface area (Å²) in [5.74, 6) is 0.0601. The number of nitrogens with zero attached hydrogens (tertiary/aromatic N) is 2. The van der Waals surface area contributed by atoms with Crippen LogP contribution >= 0.6 is 38.6 Å². The van der Waals surface area contributed by atoms with Gasteiger partial charge in [0.05, 0.1) is 27.1 Å². The molecule has 14 heteroatoms. The minimum Gasteiger partial charge on any atom is -0.438 e. The number of ether oxygens (including phenoxy) is 1. The minimum absolute atomic E-state index is 0.0387. The number of fused-ring (bicyclic) bond motifs is 2. The van der Waals surface area contributed by atoms with Crippen LogP contribution in [0.2, 0.25) is 0 Å². The predicted molar refractivity (Wildman–Crippen MR) is 158 cm³/mol. The Morgan fingerprint density at radius 1 is 1.00 bits per heavy atom. The smallest absolute Gasteiger partial charge is 0.268 e. The molecule has 0 aliphatic carbocycles. The Kier molecular flexibility index (Phi) is 7.90. The predicted octanol–water partition coefficient (Wildman–Crippen LogP) is 5.35. The Morgan fingerprint density at radius 3 is 2.41 bits per heavy atom. The first-order valence-corrected chi connectivity index (χ1v) is 17.4. The Hall–Kier alpha value is -2.33. The molecule has 2 aromatic heterocycles. The highest BCUT2D eigenvalue weighted by molar-refractivity contribution is 9.11. The number of rotatable bonds is 9. The lowest BCUT2D eigenvalue weighted by atomic mass is 10.0. The van der Waals surface area contributed by atoms with E-state index in [4.69, 9.17) is 4.74 Å². The molecular formula is C25H24BrN2O7S4+. The highest BCUT2D eigenvalue weighted by Crippen LogP contribution is 2.43. The van der Waals surface area contributed by atoms with Gasteiger partial charge in [0.15, 0.2) is 16.3 Å². The van der Waals surface area contributed by atoms with Crippen molar-refractivity contribution in [3.8, 4) is 16.9 Å². The quantitative estimate of drug-likeness (QED) is 0.180. The Balaban J connectivity index is 1.57. The molecule has 0 saturated carbocycles. The van der Waals surface area contributed by atoms with Crippen LogP contribution in [0.3, 0.4) is 0 Å². The van der Waals surface area contributed by atoms with Gasteiger partial charge >= 0.3 is 0 Å². The van der Waals surface area contributed by atoms with Gasteiger partial charge in [-0.2, -0.15) is 21.4 Å². The molecule has 4 aromatic rings. The third-order valence-corrected chi connectivity index (χ3v) is 11.1. The zero-order valence-corrected chi connectivity index (χ0v) is 25.4. The number of aryl methyl sites for hydroxylation is 2. The average molecular weight is 673 g/mol. The summed E-state index contributed by atoms with van der Waals surface area (Å²) in [6.45, 7) is 2.26. The van der Waals surface area contributed by atoms with Crippen molar-refractivity contribution >= 4 is 80.1 Å². The minimum atomic E-state index is -4.24. The molecule has 1 aliphatic heterocycles. The molecule has 2 N–H and O–H groups in total. The van der Waals surface area contributed by atoms with E-state index < -0.39 is 26.0 Å². The second-order valence-corrected chi connectivity index (χ2v) is 15.7. The zero-order chi connectivity index (χ0) is 27.9. The summed E-state index contributed by atoms with van der Waals surface area (Å²) in [5, 5.41) is 0.769. The van der Waals surface area contributed by atoms with Crippen molar-refractivity contribution in [2.24, 2.45) is 0 Å². The number of hydrogen-bond donors (Lipinski definition) is 2. The van der Waals surface area contributed by atoms with E-state index in [1.54, 1.807) is 22.3 Å². The molecule has 0 fully saturated rings. The van der Waals surface area contributed by atoms with Crippen molar-refractivity contribution in [1.82, 2.24) is 0 Å². The van der Waals surface area contributed by atoms with Gasteiger partial charge in [0.1, 0.15) is 0 Å². The normalized spacial score (nSPS) is 14.8. The average Bonchev–Trinajstić information content (AvgIpc) is 3.47. The first kappa shape index (κ1) is 28.2. The van der Waals surface area contributed by atoms with Gasteiger partial charge in [-0.25, -0.2) is 0 Å². The number of thiazole rings is 1. The molecule has 0 bridgehead atoms. The van der Waals surface area contributed by atoms with E-state index in [2.05, 4.69) is 15.9 Å². The van der Waals surface area contributed by atoms with E-state index in [9.17, 15) is 25.9 Å². The maximum absolute atomic E-state index is 11.7. The maximum Gasteiger partial charge on any atom is 0.268 e. The Bertz CT molecular complexity index is 1800. The van der Waals surface area contributed by atoms with Gasteiger partial charge in [0.25, 0.3) is 25.2 Å². The molecule has 0 unspecified atom stereocenters. The third kappa shape index (κ3) is 6.37. The van der Waals surface area contributed by atoms with Crippen LogP contribution in [0.25, 0.3) is 26.7 Å². The van der Waals surface area contributed by atoms with E-state index in [1.807, 2.05) is 60.0 Å². The van der Waals surface area contributed by atoms with E-state index in [1.165, 1.54) is 11.3 Å². The topological polar surface area (TPSA) is 125 Å². The van der Waals surface area contributed by atoms with Crippen LogP contribution in [0.15, 0.2) is 58.2 Å². The Labute approximate surface area is 242 Å². The van der Waals surface area contributed by atoms with E-state index in [0.717, 1.165) is 35.0 Å². The van der Waals surface area contributed by atoms with Crippen molar-refractivity contribution in [3.05, 3.63) is 68.8 Å². The second kappa shape index (κ2) is 10.9. The number of aromatic nitrogens is 1.